The summed E-state index contributed by atoms with van der Waals surface area (Å²) in [6, 6.07) is 0.119. The minimum Gasteiger partial charge on any atom is -0.481 e. The largest absolute Gasteiger partial charge is 0.481 e. The van der Waals surface area contributed by atoms with Crippen LogP contribution < -0.4 is 5.32 Å². The van der Waals surface area contributed by atoms with Crippen LogP contribution >= 0.6 is 11.6 Å². The molecule has 1 saturated heterocycles. The molecule has 2 N–H and O–H groups in total. The fraction of sp³-hybridized carbons (Fsp3) is 0.917. The van der Waals surface area contributed by atoms with Crippen molar-refractivity contribution in [2.24, 2.45) is 23.7 Å². The molecular formula is C24H39ClN2O3. The molecule has 4 rings (SSSR count). The molecule has 0 radical (unpaired) electrons. The van der Waals surface area contributed by atoms with E-state index in [4.69, 9.17) is 11.6 Å². The van der Waals surface area contributed by atoms with Gasteiger partial charge in [-0.25, -0.2) is 0 Å². The number of hydrogen-bond donors (Lipinski definition) is 2. The highest BCUT2D eigenvalue weighted by atomic mass is 35.5. The Balaban J connectivity index is 1.31. The standard InChI is InChI=1S/C24H39ClN2O3/c25-19-8-4-7-17(13-19)23(28)26-20-9-10-22(21(14-20)24(29)30)27-12-11-18(15-27)16-5-2-1-3-6-16/h16-22H,1-15H2,(H,26,28)(H,29,30). The van der Waals surface area contributed by atoms with Gasteiger partial charge < -0.3 is 10.4 Å². The van der Waals surface area contributed by atoms with Gasteiger partial charge in [-0.05, 0) is 63.3 Å². The summed E-state index contributed by atoms with van der Waals surface area (Å²) in [6.45, 7) is 2.13. The average Bonchev–Trinajstić information content (AvgIpc) is 3.24. The molecule has 3 saturated carbocycles. The third kappa shape index (κ3) is 5.32. The fourth-order valence-electron chi connectivity index (χ4n) is 6.78. The van der Waals surface area contributed by atoms with Crippen molar-refractivity contribution < 1.29 is 14.7 Å². The Hall–Kier alpha value is -0.810. The minimum atomic E-state index is -0.696. The number of halogens is 1. The van der Waals surface area contributed by atoms with E-state index < -0.39 is 5.97 Å². The van der Waals surface area contributed by atoms with Gasteiger partial charge in [-0.15, -0.1) is 11.6 Å². The molecule has 170 valence electrons. The first-order chi connectivity index (χ1) is 14.5. The van der Waals surface area contributed by atoms with E-state index in [0.29, 0.717) is 6.42 Å². The summed E-state index contributed by atoms with van der Waals surface area (Å²) in [5, 5.41) is 13.2. The Morgan fingerprint density at radius 2 is 1.67 bits per heavy atom. The van der Waals surface area contributed by atoms with Crippen molar-refractivity contribution in [3.05, 3.63) is 0 Å². The van der Waals surface area contributed by atoms with Gasteiger partial charge in [0, 0.05) is 29.9 Å². The first kappa shape index (κ1) is 22.4. The number of carboxylic acids is 1. The average molecular weight is 439 g/mol. The van der Waals surface area contributed by atoms with Gasteiger partial charge in [0.05, 0.1) is 5.92 Å². The molecule has 30 heavy (non-hydrogen) atoms. The number of nitrogens with one attached hydrogen (secondary N) is 1. The van der Waals surface area contributed by atoms with Crippen LogP contribution in [-0.4, -0.2) is 52.4 Å². The number of amides is 1. The van der Waals surface area contributed by atoms with Gasteiger partial charge in [0.1, 0.15) is 0 Å². The van der Waals surface area contributed by atoms with Gasteiger partial charge in [-0.2, -0.15) is 0 Å². The van der Waals surface area contributed by atoms with E-state index in [9.17, 15) is 14.7 Å². The van der Waals surface area contributed by atoms with Crippen LogP contribution in [0.1, 0.15) is 83.5 Å². The van der Waals surface area contributed by atoms with Gasteiger partial charge in [0.25, 0.3) is 0 Å². The van der Waals surface area contributed by atoms with E-state index in [1.54, 1.807) is 0 Å². The molecule has 4 fully saturated rings. The fourth-order valence-corrected chi connectivity index (χ4v) is 7.15. The van der Waals surface area contributed by atoms with Crippen molar-refractivity contribution in [3.8, 4) is 0 Å². The summed E-state index contributed by atoms with van der Waals surface area (Å²) >= 11 is 6.26. The summed E-state index contributed by atoms with van der Waals surface area (Å²) in [7, 11) is 0. The zero-order valence-corrected chi connectivity index (χ0v) is 19.0. The second-order valence-corrected chi connectivity index (χ2v) is 11.1. The van der Waals surface area contributed by atoms with E-state index in [1.807, 2.05) is 0 Å². The molecular weight excluding hydrogens is 400 g/mol. The third-order valence-electron chi connectivity index (χ3n) is 8.50. The lowest BCUT2D eigenvalue weighted by Crippen LogP contribution is -2.51. The SMILES string of the molecule is O=C(NC1CCC(N2CCC(C3CCCCC3)C2)C(C(=O)O)C1)C1CCCC(Cl)C1. The molecule has 0 spiro atoms. The minimum absolute atomic E-state index is 0.00270. The van der Waals surface area contributed by atoms with Crippen molar-refractivity contribution in [2.45, 2.75) is 101 Å². The highest BCUT2D eigenvalue weighted by molar-refractivity contribution is 6.20. The quantitative estimate of drug-likeness (QED) is 0.623. The molecule has 0 aromatic heterocycles. The third-order valence-corrected chi connectivity index (χ3v) is 8.90. The maximum atomic E-state index is 12.7. The molecule has 3 aliphatic carbocycles. The van der Waals surface area contributed by atoms with Crippen LogP contribution in [0.25, 0.3) is 0 Å². The summed E-state index contributed by atoms with van der Waals surface area (Å²) < 4.78 is 0. The smallest absolute Gasteiger partial charge is 0.308 e. The van der Waals surface area contributed by atoms with E-state index in [1.165, 1.54) is 38.5 Å². The van der Waals surface area contributed by atoms with Crippen LogP contribution in [0.2, 0.25) is 0 Å². The van der Waals surface area contributed by atoms with Crippen LogP contribution in [-0.2, 0) is 9.59 Å². The van der Waals surface area contributed by atoms with Crippen molar-refractivity contribution >= 4 is 23.5 Å². The van der Waals surface area contributed by atoms with Crippen LogP contribution in [0.5, 0.6) is 0 Å². The molecule has 0 aromatic carbocycles. The zero-order chi connectivity index (χ0) is 21.1. The Morgan fingerprint density at radius 1 is 0.867 bits per heavy atom. The highest BCUT2D eigenvalue weighted by Gasteiger charge is 2.42. The van der Waals surface area contributed by atoms with E-state index >= 15 is 0 Å². The first-order valence-electron chi connectivity index (χ1n) is 12.4. The number of likely N-dealkylation sites (tertiary alicyclic amines) is 1. The molecule has 4 aliphatic rings. The zero-order valence-electron chi connectivity index (χ0n) is 18.2. The first-order valence-corrected chi connectivity index (χ1v) is 12.9. The number of alkyl halides is 1. The van der Waals surface area contributed by atoms with E-state index in [2.05, 4.69) is 10.2 Å². The summed E-state index contributed by atoms with van der Waals surface area (Å²) in [6.07, 6.45) is 14.1. The molecule has 1 amide bonds. The predicted octanol–water partition coefficient (Wildman–Crippen LogP) is 4.42. The highest BCUT2D eigenvalue weighted by Crippen LogP contribution is 2.39. The van der Waals surface area contributed by atoms with Gasteiger partial charge in [0.2, 0.25) is 5.91 Å². The molecule has 0 aromatic rings. The maximum absolute atomic E-state index is 12.7. The lowest BCUT2D eigenvalue weighted by atomic mass is 9.79. The number of carboxylic acid groups (broad SMARTS) is 1. The summed E-state index contributed by atoms with van der Waals surface area (Å²) in [5.74, 6) is 0.624. The Kier molecular flexibility index (Phi) is 7.62. The number of carbonyl (C=O) groups excluding carboxylic acids is 1. The Labute approximate surface area is 186 Å². The van der Waals surface area contributed by atoms with E-state index in [0.717, 1.165) is 63.5 Å². The van der Waals surface area contributed by atoms with Crippen LogP contribution in [0.3, 0.4) is 0 Å². The molecule has 1 heterocycles. The predicted molar refractivity (Wildman–Crippen MR) is 119 cm³/mol. The van der Waals surface area contributed by atoms with E-state index in [-0.39, 0.29) is 35.2 Å². The lowest BCUT2D eigenvalue weighted by Gasteiger charge is -2.40. The molecule has 0 bridgehead atoms. The maximum Gasteiger partial charge on any atom is 0.308 e. The molecule has 5 nitrogen and oxygen atoms in total. The number of nitrogens with zero attached hydrogens (tertiary/aromatic N) is 1. The second kappa shape index (κ2) is 10.2. The Morgan fingerprint density at radius 3 is 2.40 bits per heavy atom. The molecule has 6 heteroatoms. The van der Waals surface area contributed by atoms with Gasteiger partial charge in [0.15, 0.2) is 0 Å². The van der Waals surface area contributed by atoms with Crippen molar-refractivity contribution in [1.29, 1.82) is 0 Å². The summed E-state index contributed by atoms with van der Waals surface area (Å²) in [4.78, 5) is 27.3. The monoisotopic (exact) mass is 438 g/mol. The number of carbonyl (C=O) groups is 2. The van der Waals surface area contributed by atoms with Crippen molar-refractivity contribution in [3.63, 3.8) is 0 Å². The second-order valence-electron chi connectivity index (χ2n) is 10.4. The number of hydrogen-bond acceptors (Lipinski definition) is 3. The normalized spacial score (nSPS) is 39.0. The van der Waals surface area contributed by atoms with Gasteiger partial charge in [-0.1, -0.05) is 38.5 Å². The topological polar surface area (TPSA) is 69.6 Å². The number of rotatable bonds is 5. The molecule has 6 unspecified atom stereocenters. The number of aliphatic carboxylic acids is 1. The van der Waals surface area contributed by atoms with Gasteiger partial charge >= 0.3 is 5.97 Å². The van der Waals surface area contributed by atoms with Crippen molar-refractivity contribution in [1.82, 2.24) is 10.2 Å². The van der Waals surface area contributed by atoms with Crippen LogP contribution in [0.15, 0.2) is 0 Å². The molecule has 6 atom stereocenters. The Bertz CT molecular complexity index is 609. The van der Waals surface area contributed by atoms with Crippen LogP contribution in [0, 0.1) is 23.7 Å². The lowest BCUT2D eigenvalue weighted by molar-refractivity contribution is -0.146. The molecule has 1 aliphatic heterocycles. The van der Waals surface area contributed by atoms with Gasteiger partial charge in [-0.3, -0.25) is 14.5 Å². The van der Waals surface area contributed by atoms with Crippen LogP contribution in [0.4, 0.5) is 0 Å². The van der Waals surface area contributed by atoms with Crippen molar-refractivity contribution in [2.75, 3.05) is 13.1 Å². The summed E-state index contributed by atoms with van der Waals surface area (Å²) in [5.41, 5.74) is 0.